The number of amides is 4. The predicted octanol–water partition coefficient (Wildman–Crippen LogP) is 2.79. The number of hydroxylamine groups is 4. The van der Waals surface area contributed by atoms with Crippen molar-refractivity contribution in [3.63, 3.8) is 0 Å². The molecule has 2 unspecified atom stereocenters. The molecule has 0 saturated carbocycles. The van der Waals surface area contributed by atoms with Crippen molar-refractivity contribution in [2.24, 2.45) is 0 Å². The molecule has 0 fully saturated rings. The smallest absolute Gasteiger partial charge is 0.291 e. The number of benzene rings is 2. The second-order valence-corrected chi connectivity index (χ2v) is 12.8. The summed E-state index contributed by atoms with van der Waals surface area (Å²) in [5.74, 6) is -3.82. The Morgan fingerprint density at radius 2 is 0.949 bits per heavy atom. The lowest BCUT2D eigenvalue weighted by molar-refractivity contribution is -0.0114. The van der Waals surface area contributed by atoms with Crippen molar-refractivity contribution in [1.82, 2.24) is 10.1 Å². The van der Waals surface area contributed by atoms with Crippen LogP contribution in [0.15, 0.2) is 36.4 Å². The van der Waals surface area contributed by atoms with E-state index in [4.69, 9.17) is 13.3 Å². The maximum Gasteiger partial charge on any atom is 0.291 e. The monoisotopic (exact) mass is 580 g/mol. The lowest BCUT2D eigenvalue weighted by Gasteiger charge is -2.16. The Morgan fingerprint density at radius 3 is 1.28 bits per heavy atom. The third-order valence-corrected chi connectivity index (χ3v) is 9.72. The molecule has 2 aromatic rings. The molecule has 0 aliphatic carbocycles. The molecule has 4 amide bonds. The molecule has 2 aliphatic rings. The lowest BCUT2D eigenvalue weighted by atomic mass is 10.1. The van der Waals surface area contributed by atoms with Gasteiger partial charge in [-0.1, -0.05) is 13.8 Å². The molecule has 4 rings (SSSR count). The van der Waals surface area contributed by atoms with Crippen LogP contribution in [0.2, 0.25) is 0 Å². The molecule has 208 valence electrons. The molecule has 0 aromatic heterocycles. The van der Waals surface area contributed by atoms with E-state index in [0.717, 1.165) is 0 Å². The van der Waals surface area contributed by atoms with Crippen molar-refractivity contribution in [3.05, 3.63) is 58.7 Å². The zero-order chi connectivity index (χ0) is 28.9. The number of hydrogen-bond acceptors (Lipinski definition) is 11. The van der Waals surface area contributed by atoms with E-state index in [0.29, 0.717) is 0 Å². The first-order valence-electron chi connectivity index (χ1n) is 11.8. The Kier molecular flexibility index (Phi) is 7.37. The van der Waals surface area contributed by atoms with Crippen molar-refractivity contribution >= 4 is 43.9 Å². The largest absolute Gasteiger partial charge is 0.457 e. The van der Waals surface area contributed by atoms with E-state index in [1.807, 2.05) is 0 Å². The van der Waals surface area contributed by atoms with Crippen molar-refractivity contribution < 1.29 is 49.3 Å². The van der Waals surface area contributed by atoms with Gasteiger partial charge in [0.25, 0.3) is 43.9 Å². The van der Waals surface area contributed by atoms with Crippen LogP contribution >= 0.6 is 0 Å². The van der Waals surface area contributed by atoms with E-state index >= 15 is 0 Å². The summed E-state index contributed by atoms with van der Waals surface area (Å²) in [6, 6.07) is 7.57. The highest BCUT2D eigenvalue weighted by Gasteiger charge is 2.42. The van der Waals surface area contributed by atoms with Crippen LogP contribution in [0.3, 0.4) is 0 Å². The minimum Gasteiger partial charge on any atom is -0.457 e. The highest BCUT2D eigenvalue weighted by Crippen LogP contribution is 2.33. The van der Waals surface area contributed by atoms with Gasteiger partial charge in [-0.3, -0.25) is 19.2 Å². The summed E-state index contributed by atoms with van der Waals surface area (Å²) in [5, 5.41) is -1.55. The van der Waals surface area contributed by atoms with Gasteiger partial charge in [0.05, 0.1) is 32.8 Å². The summed E-state index contributed by atoms with van der Waals surface area (Å²) >= 11 is 0. The first-order chi connectivity index (χ1) is 18.2. The minimum absolute atomic E-state index is 0.0470. The Labute approximate surface area is 224 Å². The van der Waals surface area contributed by atoms with E-state index in [1.165, 1.54) is 50.2 Å². The molecule has 0 spiro atoms. The Hall–Kier alpha value is -3.66. The van der Waals surface area contributed by atoms with E-state index in [1.54, 1.807) is 13.8 Å². The minimum atomic E-state index is -4.23. The number of carbonyl (C=O) groups is 4. The van der Waals surface area contributed by atoms with Gasteiger partial charge in [-0.15, -0.1) is 18.7 Å². The number of hydrogen-bond donors (Lipinski definition) is 0. The molecule has 2 aliphatic heterocycles. The third-order valence-electron chi connectivity index (χ3n) is 6.37. The molecule has 2 atom stereocenters. The number of imide groups is 2. The number of rotatable bonds is 10. The maximum atomic E-state index is 12.8. The number of carbonyl (C=O) groups excluding carboxylic acids is 4. The van der Waals surface area contributed by atoms with Crippen molar-refractivity contribution in [1.29, 1.82) is 0 Å². The first-order valence-corrected chi connectivity index (χ1v) is 14.8. The Morgan fingerprint density at radius 1 is 0.615 bits per heavy atom. The average Bonchev–Trinajstić information content (AvgIpc) is 3.26. The van der Waals surface area contributed by atoms with E-state index < -0.39 is 54.4 Å². The summed E-state index contributed by atoms with van der Waals surface area (Å²) < 4.78 is 64.4. The Balaban J connectivity index is 1.55. The second kappa shape index (κ2) is 10.1. The molecular weight excluding hydrogens is 556 g/mol. The molecule has 0 bridgehead atoms. The van der Waals surface area contributed by atoms with Gasteiger partial charge in [-0.05, 0) is 63.1 Å². The van der Waals surface area contributed by atoms with Crippen LogP contribution in [0.5, 0.6) is 11.5 Å². The molecule has 0 radical (unpaired) electrons. The van der Waals surface area contributed by atoms with Gasteiger partial charge in [0.1, 0.15) is 11.5 Å². The first kappa shape index (κ1) is 28.4. The quantitative estimate of drug-likeness (QED) is 0.378. The number of nitrogens with zero attached hydrogens (tertiary/aromatic N) is 2. The molecule has 39 heavy (non-hydrogen) atoms. The summed E-state index contributed by atoms with van der Waals surface area (Å²) in [6.07, 6.45) is 0.409. The van der Waals surface area contributed by atoms with Crippen molar-refractivity contribution in [2.75, 3.05) is 0 Å². The van der Waals surface area contributed by atoms with Gasteiger partial charge in [-0.2, -0.15) is 16.8 Å². The summed E-state index contributed by atoms with van der Waals surface area (Å²) in [5.41, 5.74) is -0.536. The lowest BCUT2D eigenvalue weighted by Crippen LogP contribution is -2.35. The van der Waals surface area contributed by atoms with E-state index in [9.17, 15) is 36.0 Å². The van der Waals surface area contributed by atoms with Gasteiger partial charge in [0.15, 0.2) is 0 Å². The normalized spacial score (nSPS) is 16.9. The van der Waals surface area contributed by atoms with Gasteiger partial charge < -0.3 is 4.74 Å². The van der Waals surface area contributed by atoms with Gasteiger partial charge >= 0.3 is 0 Å². The highest BCUT2D eigenvalue weighted by atomic mass is 32.2. The van der Waals surface area contributed by atoms with Gasteiger partial charge in [0.2, 0.25) is 0 Å². The highest BCUT2D eigenvalue weighted by molar-refractivity contribution is 7.87. The summed E-state index contributed by atoms with van der Waals surface area (Å²) in [6.45, 7) is 5.98. The summed E-state index contributed by atoms with van der Waals surface area (Å²) in [4.78, 5) is 50.7. The van der Waals surface area contributed by atoms with Gasteiger partial charge in [0, 0.05) is 0 Å². The van der Waals surface area contributed by atoms with Crippen LogP contribution in [0.4, 0.5) is 0 Å². The summed E-state index contributed by atoms with van der Waals surface area (Å²) in [7, 11) is -8.46. The molecule has 0 saturated heterocycles. The Bertz CT molecular complexity index is 1500. The molecule has 0 N–H and O–H groups in total. The maximum absolute atomic E-state index is 12.8. The number of fused-ring (bicyclic) bond motifs is 2. The van der Waals surface area contributed by atoms with Crippen LogP contribution in [-0.2, 0) is 28.8 Å². The fourth-order valence-corrected chi connectivity index (χ4v) is 5.35. The van der Waals surface area contributed by atoms with E-state index in [2.05, 4.69) is 0 Å². The zero-order valence-electron chi connectivity index (χ0n) is 21.2. The fraction of sp³-hybridized carbons (Fsp3) is 0.333. The standard InChI is InChI=1S/C24H24N2O11S2/c1-5-13(3)38(31,32)36-25-21(27)17-9-7-15(11-19(17)23(25)29)35-16-8-10-18-20(12-16)24(30)26(22(18)28)37-39(33,34)14(4)6-2/h7-14H,5-6H2,1-4H3. The van der Waals surface area contributed by atoms with Crippen molar-refractivity contribution in [3.8, 4) is 11.5 Å². The van der Waals surface area contributed by atoms with Crippen LogP contribution in [0, 0.1) is 0 Å². The SMILES string of the molecule is CCC(C)S(=O)(=O)ON1C(=O)c2ccc(Oc3ccc4c(c3)C(=O)N(OS(=O)(=O)C(C)CC)C4=O)cc2C1=O. The molecule has 15 heteroatoms. The zero-order valence-corrected chi connectivity index (χ0v) is 22.9. The van der Waals surface area contributed by atoms with E-state index in [-0.39, 0.29) is 56.7 Å². The molecular formula is C24H24N2O11S2. The second-order valence-electron chi connectivity index (χ2n) is 8.90. The van der Waals surface area contributed by atoms with Crippen LogP contribution in [0.25, 0.3) is 0 Å². The molecule has 2 aromatic carbocycles. The van der Waals surface area contributed by atoms with Crippen LogP contribution in [0.1, 0.15) is 82.0 Å². The number of ether oxygens (including phenoxy) is 1. The van der Waals surface area contributed by atoms with Crippen molar-refractivity contribution in [2.45, 2.75) is 51.0 Å². The molecule has 2 heterocycles. The van der Waals surface area contributed by atoms with Gasteiger partial charge in [-0.25, -0.2) is 0 Å². The third kappa shape index (κ3) is 5.05. The topological polar surface area (TPSA) is 171 Å². The predicted molar refractivity (Wildman–Crippen MR) is 133 cm³/mol. The molecule has 13 nitrogen and oxygen atoms in total. The van der Waals surface area contributed by atoms with Crippen LogP contribution in [-0.4, -0.2) is 61.1 Å². The average molecular weight is 581 g/mol. The van der Waals surface area contributed by atoms with Crippen LogP contribution < -0.4 is 4.74 Å². The fourth-order valence-electron chi connectivity index (χ4n) is 3.56.